The molecule has 0 saturated carbocycles. The number of aryl methyl sites for hydroxylation is 1. The monoisotopic (exact) mass is 509 g/mol. The molecule has 0 saturated heterocycles. The highest BCUT2D eigenvalue weighted by atomic mass is 32.2. The first-order valence-corrected chi connectivity index (χ1v) is 12.9. The number of halogens is 1. The number of carbonyl (C=O) groups is 1. The Morgan fingerprint density at radius 2 is 1.86 bits per heavy atom. The molecule has 0 atom stereocenters. The summed E-state index contributed by atoms with van der Waals surface area (Å²) in [5, 5.41) is 0.662. The van der Waals surface area contributed by atoms with Gasteiger partial charge in [0, 0.05) is 60.2 Å². The van der Waals surface area contributed by atoms with Crippen LogP contribution in [0.1, 0.15) is 5.56 Å². The highest BCUT2D eigenvalue weighted by Gasteiger charge is 2.20. The molecule has 2 aromatic carbocycles. The van der Waals surface area contributed by atoms with Gasteiger partial charge in [-0.1, -0.05) is 6.07 Å². The second-order valence-electron chi connectivity index (χ2n) is 8.33. The second-order valence-corrected chi connectivity index (χ2v) is 10.5. The van der Waals surface area contributed by atoms with E-state index >= 15 is 0 Å². The van der Waals surface area contributed by atoms with Crippen molar-refractivity contribution in [3.63, 3.8) is 0 Å². The van der Waals surface area contributed by atoms with Crippen LogP contribution >= 0.6 is 0 Å². The van der Waals surface area contributed by atoms with Crippen LogP contribution in [0.2, 0.25) is 0 Å². The molecule has 0 aliphatic rings. The van der Waals surface area contributed by atoms with Gasteiger partial charge in [0.1, 0.15) is 11.3 Å². The second kappa shape index (κ2) is 9.82. The van der Waals surface area contributed by atoms with Gasteiger partial charge >= 0.3 is 5.97 Å². The van der Waals surface area contributed by atoms with Crippen molar-refractivity contribution < 1.29 is 22.3 Å². The van der Waals surface area contributed by atoms with E-state index in [0.717, 1.165) is 6.26 Å². The topological polar surface area (TPSA) is 101 Å². The Balaban J connectivity index is 2.02. The Bertz CT molecular complexity index is 1640. The number of methoxy groups -OCH3 is 1. The summed E-state index contributed by atoms with van der Waals surface area (Å²) in [7, 11) is -0.322. The Morgan fingerprint density at radius 3 is 2.53 bits per heavy atom. The minimum Gasteiger partial charge on any atom is -0.466 e. The molecule has 36 heavy (non-hydrogen) atoms. The average Bonchev–Trinajstić information content (AvgIpc) is 3.17. The maximum Gasteiger partial charge on any atom is 0.331 e. The minimum atomic E-state index is -3.33. The standard InChI is InChI=1S/C26H24FN3O5S/c1-29-15-22(20-10-12-28-26(32)25(20)29)21-14-17(16-36(3,33)34)4-9-23(21)30(13-11-24(31)35-2)19-7-5-18(27)6-8-19/h4-15H,16H2,1-3H3,(H,28,32)/b13-11+. The van der Waals surface area contributed by atoms with Crippen LogP contribution in [0.15, 0.2) is 78.0 Å². The van der Waals surface area contributed by atoms with Gasteiger partial charge in [-0.05, 0) is 48.0 Å². The highest BCUT2D eigenvalue weighted by Crippen LogP contribution is 2.40. The number of esters is 1. The van der Waals surface area contributed by atoms with Crippen LogP contribution in [0.25, 0.3) is 22.0 Å². The van der Waals surface area contributed by atoms with Crippen molar-refractivity contribution in [2.45, 2.75) is 5.75 Å². The number of benzene rings is 2. The van der Waals surface area contributed by atoms with Gasteiger partial charge in [0.2, 0.25) is 0 Å². The molecule has 10 heteroatoms. The number of aromatic amines is 1. The van der Waals surface area contributed by atoms with E-state index in [1.54, 1.807) is 65.3 Å². The fourth-order valence-corrected chi connectivity index (χ4v) is 4.88. The van der Waals surface area contributed by atoms with E-state index in [2.05, 4.69) is 4.98 Å². The number of anilines is 2. The number of fused-ring (bicyclic) bond motifs is 1. The molecule has 0 aliphatic heterocycles. The molecule has 2 aromatic heterocycles. The van der Waals surface area contributed by atoms with Gasteiger partial charge in [0.05, 0.1) is 18.6 Å². The summed E-state index contributed by atoms with van der Waals surface area (Å²) >= 11 is 0. The third-order valence-electron chi connectivity index (χ3n) is 5.61. The normalized spacial score (nSPS) is 11.8. The molecule has 2 heterocycles. The number of hydrogen-bond donors (Lipinski definition) is 1. The van der Waals surface area contributed by atoms with E-state index in [9.17, 15) is 22.4 Å². The van der Waals surface area contributed by atoms with Gasteiger partial charge in [-0.25, -0.2) is 17.6 Å². The Morgan fingerprint density at radius 1 is 1.14 bits per heavy atom. The van der Waals surface area contributed by atoms with Crippen LogP contribution in [0.3, 0.4) is 0 Å². The lowest BCUT2D eigenvalue weighted by atomic mass is 10.00. The largest absolute Gasteiger partial charge is 0.466 e. The fourth-order valence-electron chi connectivity index (χ4n) is 4.09. The molecule has 4 rings (SSSR count). The number of aromatic nitrogens is 2. The lowest BCUT2D eigenvalue weighted by Crippen LogP contribution is -2.12. The molecule has 0 unspecified atom stereocenters. The van der Waals surface area contributed by atoms with Crippen molar-refractivity contribution in [1.29, 1.82) is 0 Å². The van der Waals surface area contributed by atoms with Crippen LogP contribution in [0, 0.1) is 5.82 Å². The van der Waals surface area contributed by atoms with Crippen LogP contribution in [-0.4, -0.2) is 37.3 Å². The van der Waals surface area contributed by atoms with E-state index in [1.807, 2.05) is 0 Å². The summed E-state index contributed by atoms with van der Waals surface area (Å²) in [6.07, 6.45) is 7.21. The van der Waals surface area contributed by atoms with Gasteiger partial charge < -0.3 is 19.2 Å². The zero-order chi connectivity index (χ0) is 26.0. The zero-order valence-electron chi connectivity index (χ0n) is 19.9. The molecule has 0 spiro atoms. The summed E-state index contributed by atoms with van der Waals surface area (Å²) < 4.78 is 44.2. The predicted octanol–water partition coefficient (Wildman–Crippen LogP) is 4.04. The number of rotatable bonds is 7. The summed E-state index contributed by atoms with van der Waals surface area (Å²) in [6.45, 7) is 0. The highest BCUT2D eigenvalue weighted by molar-refractivity contribution is 7.89. The third-order valence-corrected chi connectivity index (χ3v) is 6.46. The van der Waals surface area contributed by atoms with Gasteiger partial charge in [0.25, 0.3) is 5.56 Å². The molecule has 0 amide bonds. The van der Waals surface area contributed by atoms with Gasteiger partial charge in [-0.3, -0.25) is 4.79 Å². The molecule has 0 fully saturated rings. The number of sulfone groups is 1. The summed E-state index contributed by atoms with van der Waals surface area (Å²) in [5.74, 6) is -1.19. The fraction of sp³-hybridized carbons (Fsp3) is 0.154. The number of carbonyl (C=O) groups excluding carboxylic acids is 1. The lowest BCUT2D eigenvalue weighted by molar-refractivity contribution is -0.134. The van der Waals surface area contributed by atoms with Crippen molar-refractivity contribution in [2.75, 3.05) is 18.3 Å². The maximum absolute atomic E-state index is 13.7. The first-order chi connectivity index (χ1) is 17.1. The summed E-state index contributed by atoms with van der Waals surface area (Å²) in [6, 6.07) is 12.6. The predicted molar refractivity (Wildman–Crippen MR) is 137 cm³/mol. The van der Waals surface area contributed by atoms with E-state index in [-0.39, 0.29) is 11.3 Å². The van der Waals surface area contributed by atoms with E-state index < -0.39 is 21.6 Å². The average molecular weight is 510 g/mol. The van der Waals surface area contributed by atoms with Crippen LogP contribution in [-0.2, 0) is 32.2 Å². The van der Waals surface area contributed by atoms with E-state index in [0.29, 0.717) is 39.0 Å². The van der Waals surface area contributed by atoms with Gasteiger partial charge in [0.15, 0.2) is 9.84 Å². The molecule has 8 nitrogen and oxygen atoms in total. The van der Waals surface area contributed by atoms with Crippen molar-refractivity contribution >= 4 is 38.1 Å². The number of ether oxygens (including phenoxy) is 1. The first kappa shape index (κ1) is 24.9. The molecule has 0 aliphatic carbocycles. The quantitative estimate of drug-likeness (QED) is 0.298. The zero-order valence-corrected chi connectivity index (χ0v) is 20.7. The SMILES string of the molecule is COC(=O)/C=C/N(c1ccc(F)cc1)c1ccc(CS(C)(=O)=O)cc1-c1cn(C)c2c(=O)[nH]ccc12. The van der Waals surface area contributed by atoms with Crippen LogP contribution < -0.4 is 10.5 Å². The number of hydrogen-bond acceptors (Lipinski definition) is 6. The smallest absolute Gasteiger partial charge is 0.331 e. The first-order valence-electron chi connectivity index (χ1n) is 10.9. The van der Waals surface area contributed by atoms with Crippen molar-refractivity contribution in [1.82, 2.24) is 9.55 Å². The maximum atomic E-state index is 13.7. The molecule has 186 valence electrons. The minimum absolute atomic E-state index is 0.180. The van der Waals surface area contributed by atoms with Crippen molar-refractivity contribution in [2.24, 2.45) is 7.05 Å². The van der Waals surface area contributed by atoms with Crippen LogP contribution in [0.4, 0.5) is 15.8 Å². The summed E-state index contributed by atoms with van der Waals surface area (Å²) in [5.41, 5.74) is 3.16. The van der Waals surface area contributed by atoms with E-state index in [4.69, 9.17) is 4.74 Å². The summed E-state index contributed by atoms with van der Waals surface area (Å²) in [4.78, 5) is 28.8. The number of pyridine rings is 1. The molecular formula is C26H24FN3O5S. The third kappa shape index (κ3) is 5.23. The molecule has 0 bridgehead atoms. The number of nitrogens with one attached hydrogen (secondary N) is 1. The molecule has 1 N–H and O–H groups in total. The Kier molecular flexibility index (Phi) is 6.80. The van der Waals surface area contributed by atoms with Gasteiger partial charge in [-0.15, -0.1) is 0 Å². The molecular weight excluding hydrogens is 485 g/mol. The molecule has 4 aromatic rings. The van der Waals surface area contributed by atoms with Crippen LogP contribution in [0.5, 0.6) is 0 Å². The number of nitrogens with zero attached hydrogens (tertiary/aromatic N) is 2. The van der Waals surface area contributed by atoms with Gasteiger partial charge in [-0.2, -0.15) is 0 Å². The lowest BCUT2D eigenvalue weighted by Gasteiger charge is -2.24. The van der Waals surface area contributed by atoms with Crippen molar-refractivity contribution in [3.05, 3.63) is 94.9 Å². The Labute approximate surface area is 207 Å². The Hall–Kier alpha value is -4.18. The molecule has 0 radical (unpaired) electrons. The van der Waals surface area contributed by atoms with Crippen molar-refractivity contribution in [3.8, 4) is 11.1 Å². The van der Waals surface area contributed by atoms with E-state index in [1.165, 1.54) is 31.5 Å². The number of H-pyrrole nitrogens is 1.